The van der Waals surface area contributed by atoms with Gasteiger partial charge in [0.25, 0.3) is 0 Å². The Hall–Kier alpha value is 0.894. The molecule has 0 bridgehead atoms. The minimum atomic E-state index is 0. The Labute approximate surface area is 91.5 Å². The number of hydrogen-bond acceptors (Lipinski definition) is 0. The molecule has 1 radical (unpaired) electrons. The Balaban J connectivity index is -0.000000120. The van der Waals surface area contributed by atoms with Crippen molar-refractivity contribution in [1.29, 1.82) is 0 Å². The molecule has 0 saturated heterocycles. The fourth-order valence-corrected chi connectivity index (χ4v) is 0.342. The van der Waals surface area contributed by atoms with E-state index in [4.69, 9.17) is 0 Å². The molecule has 0 atom stereocenters. The van der Waals surface area contributed by atoms with E-state index in [2.05, 4.69) is 6.07 Å². The maximum atomic E-state index is 2.89. The summed E-state index contributed by atoms with van der Waals surface area (Å²) in [7, 11) is 0. The zero-order chi connectivity index (χ0) is 4.24. The molecule has 1 rings (SSSR count). The Kier molecular flexibility index (Phi) is 21.3. The monoisotopic (exact) mass is 283 g/mol. The van der Waals surface area contributed by atoms with Gasteiger partial charge in [-0.2, -0.15) is 36.4 Å². The van der Waals surface area contributed by atoms with Gasteiger partial charge >= 0.3 is 21.7 Å². The zero-order valence-electron chi connectivity index (χ0n) is 4.64. The molecule has 0 heterocycles. The second-order valence-corrected chi connectivity index (χ2v) is 1.08. The van der Waals surface area contributed by atoms with Gasteiger partial charge in [-0.05, 0) is 0 Å². The van der Waals surface area contributed by atoms with E-state index in [-0.39, 0.29) is 55.7 Å². The molecule has 1 aromatic rings. The van der Waals surface area contributed by atoms with Crippen molar-refractivity contribution in [3.63, 3.8) is 0 Å². The second kappa shape index (κ2) is 11.7. The van der Waals surface area contributed by atoms with Crippen molar-refractivity contribution in [2.45, 2.75) is 0 Å². The summed E-state index contributed by atoms with van der Waals surface area (Å²) in [6.45, 7) is 0. The van der Waals surface area contributed by atoms with E-state index in [1.54, 1.807) is 0 Å². The first-order valence-corrected chi connectivity index (χ1v) is 1.91. The summed E-state index contributed by atoms with van der Waals surface area (Å²) in [5, 5.41) is 0. The van der Waals surface area contributed by atoms with Crippen molar-refractivity contribution in [2.75, 3.05) is 0 Å². The molecule has 0 aliphatic carbocycles. The quantitative estimate of drug-likeness (QED) is 0.333. The van der Waals surface area contributed by atoms with Crippen LogP contribution in [0.25, 0.3) is 0 Å². The van der Waals surface area contributed by atoms with Crippen molar-refractivity contribution < 1.29 is 55.7 Å². The first-order valence-electron chi connectivity index (χ1n) is 1.91. The van der Waals surface area contributed by atoms with Crippen LogP contribution in [-0.4, -0.2) is 0 Å². The van der Waals surface area contributed by atoms with E-state index < -0.39 is 0 Å². The topological polar surface area (TPSA) is 0 Å². The number of benzene rings is 1. The van der Waals surface area contributed by atoms with Crippen molar-refractivity contribution in [3.8, 4) is 0 Å². The molecule has 0 aromatic heterocycles. The van der Waals surface area contributed by atoms with Gasteiger partial charge in [0, 0.05) is 0 Å². The molecule has 9 heavy (non-hydrogen) atoms. The fourth-order valence-electron chi connectivity index (χ4n) is 0.342. The molecule has 0 aliphatic heterocycles. The van der Waals surface area contributed by atoms with Crippen molar-refractivity contribution in [2.24, 2.45) is 0 Å². The molecule has 0 spiro atoms. The first-order chi connectivity index (χ1) is 3.00. The third-order valence-electron chi connectivity index (χ3n) is 0.607. The van der Waals surface area contributed by atoms with Gasteiger partial charge in [0.15, 0.2) is 0 Å². The zero-order valence-corrected chi connectivity index (χ0v) is 9.38. The summed E-state index contributed by atoms with van der Waals surface area (Å²) >= 11 is 0. The molecule has 0 amide bonds. The third kappa shape index (κ3) is 8.89. The smallest absolute Gasteiger partial charge is 1.00 e. The Bertz CT molecular complexity index is 83.0. The summed E-state index contributed by atoms with van der Waals surface area (Å²) in [6.07, 6.45) is 0. The second-order valence-electron chi connectivity index (χ2n) is 1.08. The van der Waals surface area contributed by atoms with E-state index in [0.717, 1.165) is 0 Å². The molecular formula is C6H5Br2Ti. The van der Waals surface area contributed by atoms with Crippen LogP contribution in [-0.2, 0) is 21.7 Å². The predicted octanol–water partition coefficient (Wildman–Crippen LogP) is -4.51. The summed E-state index contributed by atoms with van der Waals surface area (Å²) in [6, 6.07) is 12.5. The van der Waals surface area contributed by atoms with Crippen LogP contribution >= 0.6 is 0 Å². The summed E-state index contributed by atoms with van der Waals surface area (Å²) < 4.78 is 0. The van der Waals surface area contributed by atoms with E-state index in [9.17, 15) is 0 Å². The molecule has 0 unspecified atom stereocenters. The van der Waals surface area contributed by atoms with Gasteiger partial charge in [0.1, 0.15) is 0 Å². The van der Waals surface area contributed by atoms with Gasteiger partial charge in [-0.1, -0.05) is 0 Å². The van der Waals surface area contributed by atoms with Crippen LogP contribution in [0.4, 0.5) is 0 Å². The van der Waals surface area contributed by atoms with Crippen molar-refractivity contribution >= 4 is 0 Å². The van der Waals surface area contributed by atoms with Crippen LogP contribution in [0.3, 0.4) is 0 Å². The van der Waals surface area contributed by atoms with Crippen LogP contribution in [0.1, 0.15) is 0 Å². The fraction of sp³-hybridized carbons (Fsp3) is 0. The van der Waals surface area contributed by atoms with Crippen LogP contribution < -0.4 is 34.0 Å². The molecule has 0 saturated carbocycles. The van der Waals surface area contributed by atoms with Gasteiger partial charge < -0.3 is 34.0 Å². The van der Waals surface area contributed by atoms with E-state index in [0.29, 0.717) is 0 Å². The molecular weight excluding hydrogens is 280 g/mol. The summed E-state index contributed by atoms with van der Waals surface area (Å²) in [5.74, 6) is 0. The van der Waals surface area contributed by atoms with Crippen molar-refractivity contribution in [3.05, 3.63) is 36.4 Å². The average Bonchev–Trinajstić information content (AvgIpc) is 1.72. The Morgan fingerprint density at radius 1 is 0.778 bits per heavy atom. The minimum absolute atomic E-state index is 0. The van der Waals surface area contributed by atoms with Crippen LogP contribution in [0.15, 0.2) is 30.3 Å². The molecule has 0 fully saturated rings. The van der Waals surface area contributed by atoms with Crippen LogP contribution in [0.2, 0.25) is 0 Å². The van der Waals surface area contributed by atoms with Gasteiger partial charge in [0.2, 0.25) is 0 Å². The van der Waals surface area contributed by atoms with Gasteiger partial charge in [0.05, 0.1) is 0 Å². The minimum Gasteiger partial charge on any atom is -1.00 e. The molecule has 47 valence electrons. The van der Waals surface area contributed by atoms with E-state index in [1.165, 1.54) is 0 Å². The third-order valence-corrected chi connectivity index (χ3v) is 0.607. The molecule has 0 nitrogen and oxygen atoms in total. The summed E-state index contributed by atoms with van der Waals surface area (Å²) in [4.78, 5) is 0. The number of hydrogen-bond donors (Lipinski definition) is 0. The number of halogens is 2. The predicted molar refractivity (Wildman–Crippen MR) is 25.3 cm³/mol. The molecule has 1 aromatic carbocycles. The molecule has 3 heteroatoms. The molecule has 0 N–H and O–H groups in total. The maximum absolute atomic E-state index is 2.89. The van der Waals surface area contributed by atoms with Gasteiger partial charge in [-0.25, -0.2) is 0 Å². The van der Waals surface area contributed by atoms with Crippen LogP contribution in [0, 0.1) is 6.07 Å². The average molecular weight is 285 g/mol. The summed E-state index contributed by atoms with van der Waals surface area (Å²) in [5.41, 5.74) is 0. The largest absolute Gasteiger partial charge is 3.00 e. The maximum Gasteiger partial charge on any atom is 3.00 e. The first kappa shape index (κ1) is 16.5. The Morgan fingerprint density at radius 3 is 1.33 bits per heavy atom. The standard InChI is InChI=1S/C6H5.2BrH.Ti/c1-2-4-6-5-3-1;;;/h1-5H;2*1H;/q-1;;;+3/p-2. The van der Waals surface area contributed by atoms with E-state index >= 15 is 0 Å². The van der Waals surface area contributed by atoms with Gasteiger partial charge in [-0.3, -0.25) is 0 Å². The number of rotatable bonds is 0. The Morgan fingerprint density at radius 2 is 1.22 bits per heavy atom. The molecule has 0 aliphatic rings. The van der Waals surface area contributed by atoms with E-state index in [1.807, 2.05) is 30.3 Å². The van der Waals surface area contributed by atoms with Crippen LogP contribution in [0.5, 0.6) is 0 Å². The van der Waals surface area contributed by atoms with Crippen molar-refractivity contribution in [1.82, 2.24) is 0 Å². The SMILES string of the molecule is [Br-].[Br-].[Ti+3].[c-]1ccccc1. The normalized spacial score (nSPS) is 5.33. The van der Waals surface area contributed by atoms with Gasteiger partial charge in [-0.15, -0.1) is 0 Å².